The first-order valence-electron chi connectivity index (χ1n) is 10.2. The molecule has 0 rings (SSSR count). The lowest BCUT2D eigenvalue weighted by atomic mass is 10.0. The number of rotatable bonds is 14. The van der Waals surface area contributed by atoms with E-state index in [-0.39, 0.29) is 13.2 Å². The summed E-state index contributed by atoms with van der Waals surface area (Å²) in [6, 6.07) is 0. The highest BCUT2D eigenvalue weighted by Crippen LogP contribution is 2.12. The zero-order valence-corrected chi connectivity index (χ0v) is 16.5. The summed E-state index contributed by atoms with van der Waals surface area (Å²) in [6.07, 6.45) is 19.9. The predicted molar refractivity (Wildman–Crippen MR) is 105 cm³/mol. The second-order valence-electron chi connectivity index (χ2n) is 6.02. The molecule has 0 radical (unpaired) electrons. The maximum Gasteiger partial charge on any atom is 0.0402 e. The first-order valence-corrected chi connectivity index (χ1v) is 10.2. The zero-order valence-electron chi connectivity index (χ0n) is 16.5. The average Bonchev–Trinajstić information content (AvgIpc) is 2.53. The molecule has 0 bridgehead atoms. The SMILES string of the molecule is CCCCCCCCCCCCCCCCN.CCO.CCO. The minimum Gasteiger partial charge on any atom is -0.397 e. The van der Waals surface area contributed by atoms with Crippen LogP contribution in [0.25, 0.3) is 0 Å². The summed E-state index contributed by atoms with van der Waals surface area (Å²) in [6.45, 7) is 7.02. The molecule has 0 saturated carbocycles. The Morgan fingerprint density at radius 1 is 0.478 bits per heavy atom. The second kappa shape index (κ2) is 33.5. The lowest BCUT2D eigenvalue weighted by molar-refractivity contribution is 0.318. The van der Waals surface area contributed by atoms with E-state index < -0.39 is 0 Å². The van der Waals surface area contributed by atoms with E-state index in [2.05, 4.69) is 6.92 Å². The molecule has 0 amide bonds. The van der Waals surface area contributed by atoms with Crippen molar-refractivity contribution in [3.05, 3.63) is 0 Å². The quantitative estimate of drug-likeness (QED) is 0.372. The topological polar surface area (TPSA) is 66.5 Å². The number of hydrogen-bond acceptors (Lipinski definition) is 3. The number of unbranched alkanes of at least 4 members (excludes halogenated alkanes) is 13. The Balaban J connectivity index is -0.000000573. The summed E-state index contributed by atoms with van der Waals surface area (Å²) >= 11 is 0. The van der Waals surface area contributed by atoms with Gasteiger partial charge in [0.05, 0.1) is 0 Å². The Kier molecular flexibility index (Phi) is 40.3. The monoisotopic (exact) mass is 333 g/mol. The number of aliphatic hydroxyl groups is 2. The summed E-state index contributed by atoms with van der Waals surface area (Å²) in [4.78, 5) is 0. The highest BCUT2D eigenvalue weighted by Gasteiger charge is 1.93. The van der Waals surface area contributed by atoms with Gasteiger partial charge in [0.25, 0.3) is 0 Å². The average molecular weight is 334 g/mol. The Morgan fingerprint density at radius 2 is 0.696 bits per heavy atom. The molecule has 0 aliphatic rings. The van der Waals surface area contributed by atoms with E-state index in [1.54, 1.807) is 13.8 Å². The third-order valence-corrected chi connectivity index (χ3v) is 3.56. The van der Waals surface area contributed by atoms with Gasteiger partial charge in [0, 0.05) is 13.2 Å². The van der Waals surface area contributed by atoms with Crippen molar-refractivity contribution in [1.82, 2.24) is 0 Å². The standard InChI is InChI=1S/C16H35N.2C2H6O/c1-2-3-4-5-6-7-8-9-10-11-12-13-14-15-16-17;2*1-2-3/h2-17H2,1H3;2*3H,2H2,1H3. The van der Waals surface area contributed by atoms with Crippen LogP contribution in [-0.4, -0.2) is 30.0 Å². The van der Waals surface area contributed by atoms with Gasteiger partial charge >= 0.3 is 0 Å². The first-order chi connectivity index (χ1) is 11.2. The molecule has 3 nitrogen and oxygen atoms in total. The van der Waals surface area contributed by atoms with Crippen LogP contribution in [0, 0.1) is 0 Å². The molecule has 0 saturated heterocycles. The summed E-state index contributed by atoms with van der Waals surface area (Å²) in [5.74, 6) is 0. The zero-order chi connectivity index (χ0) is 18.0. The van der Waals surface area contributed by atoms with Crippen molar-refractivity contribution in [2.45, 2.75) is 111 Å². The van der Waals surface area contributed by atoms with Gasteiger partial charge in [0.2, 0.25) is 0 Å². The van der Waals surface area contributed by atoms with E-state index >= 15 is 0 Å². The highest BCUT2D eigenvalue weighted by molar-refractivity contribution is 4.49. The van der Waals surface area contributed by atoms with Crippen LogP contribution < -0.4 is 5.73 Å². The molecule has 4 N–H and O–H groups in total. The molecule has 0 fully saturated rings. The molecule has 0 atom stereocenters. The number of nitrogens with two attached hydrogens (primary N) is 1. The van der Waals surface area contributed by atoms with Gasteiger partial charge < -0.3 is 15.9 Å². The Bertz CT molecular complexity index is 139. The van der Waals surface area contributed by atoms with E-state index in [1.807, 2.05) is 0 Å². The van der Waals surface area contributed by atoms with Crippen LogP contribution in [0.2, 0.25) is 0 Å². The minimum atomic E-state index is 0.250. The fraction of sp³-hybridized carbons (Fsp3) is 1.00. The fourth-order valence-corrected chi connectivity index (χ4v) is 2.34. The van der Waals surface area contributed by atoms with E-state index in [1.165, 1.54) is 89.9 Å². The van der Waals surface area contributed by atoms with Gasteiger partial charge in [-0.05, 0) is 26.8 Å². The van der Waals surface area contributed by atoms with Gasteiger partial charge in [-0.1, -0.05) is 90.4 Å². The highest BCUT2D eigenvalue weighted by atomic mass is 16.3. The summed E-state index contributed by atoms with van der Waals surface area (Å²) in [5.41, 5.74) is 5.47. The smallest absolute Gasteiger partial charge is 0.0402 e. The second-order valence-corrected chi connectivity index (χ2v) is 6.02. The van der Waals surface area contributed by atoms with Crippen LogP contribution in [0.15, 0.2) is 0 Å². The van der Waals surface area contributed by atoms with E-state index in [4.69, 9.17) is 15.9 Å². The van der Waals surface area contributed by atoms with Crippen molar-refractivity contribution >= 4 is 0 Å². The third kappa shape index (κ3) is 44.9. The molecule has 0 aromatic heterocycles. The number of hydrogen-bond donors (Lipinski definition) is 3. The van der Waals surface area contributed by atoms with Crippen molar-refractivity contribution in [2.24, 2.45) is 5.73 Å². The maximum absolute atomic E-state index is 7.57. The van der Waals surface area contributed by atoms with Crippen molar-refractivity contribution in [1.29, 1.82) is 0 Å². The van der Waals surface area contributed by atoms with Gasteiger partial charge in [-0.3, -0.25) is 0 Å². The van der Waals surface area contributed by atoms with E-state index in [0.29, 0.717) is 0 Å². The summed E-state index contributed by atoms with van der Waals surface area (Å²) in [7, 11) is 0. The molecule has 23 heavy (non-hydrogen) atoms. The minimum absolute atomic E-state index is 0.250. The van der Waals surface area contributed by atoms with E-state index in [9.17, 15) is 0 Å². The first kappa shape index (κ1) is 27.7. The molecule has 3 heteroatoms. The lowest BCUT2D eigenvalue weighted by Gasteiger charge is -2.02. The molecule has 0 aliphatic carbocycles. The molecule has 0 spiro atoms. The van der Waals surface area contributed by atoms with Crippen LogP contribution in [0.3, 0.4) is 0 Å². The van der Waals surface area contributed by atoms with Crippen LogP contribution in [0.1, 0.15) is 111 Å². The van der Waals surface area contributed by atoms with Crippen LogP contribution in [0.5, 0.6) is 0 Å². The Labute approximate surface area is 147 Å². The van der Waals surface area contributed by atoms with Gasteiger partial charge in [-0.25, -0.2) is 0 Å². The molecule has 144 valence electrons. The third-order valence-electron chi connectivity index (χ3n) is 3.56. The summed E-state index contributed by atoms with van der Waals surface area (Å²) in [5, 5.41) is 15.1. The van der Waals surface area contributed by atoms with Gasteiger partial charge in [0.1, 0.15) is 0 Å². The van der Waals surface area contributed by atoms with Crippen molar-refractivity contribution in [3.63, 3.8) is 0 Å². The molecular weight excluding hydrogens is 286 g/mol. The predicted octanol–water partition coefficient (Wildman–Crippen LogP) is 5.42. The van der Waals surface area contributed by atoms with Crippen LogP contribution >= 0.6 is 0 Å². The van der Waals surface area contributed by atoms with Gasteiger partial charge in [0.15, 0.2) is 0 Å². The van der Waals surface area contributed by atoms with Gasteiger partial charge in [-0.15, -0.1) is 0 Å². The molecule has 0 aromatic carbocycles. The largest absolute Gasteiger partial charge is 0.397 e. The lowest BCUT2D eigenvalue weighted by Crippen LogP contribution is -1.97. The molecule has 0 heterocycles. The van der Waals surface area contributed by atoms with Crippen molar-refractivity contribution in [2.75, 3.05) is 19.8 Å². The maximum atomic E-state index is 7.57. The molecule has 0 unspecified atom stereocenters. The fourth-order valence-electron chi connectivity index (χ4n) is 2.34. The van der Waals surface area contributed by atoms with Crippen LogP contribution in [0.4, 0.5) is 0 Å². The molecule has 0 aromatic rings. The van der Waals surface area contributed by atoms with Crippen molar-refractivity contribution in [3.8, 4) is 0 Å². The summed E-state index contributed by atoms with van der Waals surface area (Å²) < 4.78 is 0. The van der Waals surface area contributed by atoms with Gasteiger partial charge in [-0.2, -0.15) is 0 Å². The molecule has 0 aliphatic heterocycles. The number of aliphatic hydroxyl groups excluding tert-OH is 2. The van der Waals surface area contributed by atoms with Crippen LogP contribution in [-0.2, 0) is 0 Å². The van der Waals surface area contributed by atoms with Crippen molar-refractivity contribution < 1.29 is 10.2 Å². The normalized spacial score (nSPS) is 9.65. The molecular formula is C20H47NO2. The van der Waals surface area contributed by atoms with E-state index in [0.717, 1.165) is 6.54 Å². The Morgan fingerprint density at radius 3 is 0.913 bits per heavy atom. The Hall–Kier alpha value is -0.120.